The van der Waals surface area contributed by atoms with Gasteiger partial charge >= 0.3 is 0 Å². The molecule has 1 aliphatic carbocycles. The second kappa shape index (κ2) is 12.2. The lowest BCUT2D eigenvalue weighted by molar-refractivity contribution is 0.319. The van der Waals surface area contributed by atoms with E-state index in [4.69, 9.17) is 0 Å². The Labute approximate surface area is 180 Å². The van der Waals surface area contributed by atoms with E-state index in [0.29, 0.717) is 0 Å². The van der Waals surface area contributed by atoms with Crippen LogP contribution in [0.5, 0.6) is 0 Å². The van der Waals surface area contributed by atoms with E-state index in [1.807, 2.05) is 0 Å². The Bertz CT molecular complexity index is 671. The highest BCUT2D eigenvalue weighted by molar-refractivity contribution is 5.64. The summed E-state index contributed by atoms with van der Waals surface area (Å²) in [6.07, 6.45) is 17.9. The maximum absolute atomic E-state index is 2.39. The Balaban J connectivity index is 1.45. The monoisotopic (exact) mass is 390 g/mol. The molecule has 0 atom stereocenters. The molecule has 158 valence electrons. The number of rotatable bonds is 11. The molecule has 0 nitrogen and oxygen atoms in total. The van der Waals surface area contributed by atoms with Crippen LogP contribution in [0.25, 0.3) is 11.1 Å². The SMILES string of the molecule is CCCCCCCCCc1ccc(-c2ccc(C3CCC(CC)CC3)cc2)cc1. The van der Waals surface area contributed by atoms with Crippen LogP contribution in [-0.4, -0.2) is 0 Å². The van der Waals surface area contributed by atoms with Crippen molar-refractivity contribution >= 4 is 0 Å². The summed E-state index contributed by atoms with van der Waals surface area (Å²) < 4.78 is 0. The molecule has 1 fully saturated rings. The molecule has 0 radical (unpaired) electrons. The minimum absolute atomic E-state index is 0.788. The Kier molecular flexibility index (Phi) is 9.32. The van der Waals surface area contributed by atoms with Gasteiger partial charge in [0.05, 0.1) is 0 Å². The number of hydrogen-bond donors (Lipinski definition) is 0. The molecule has 2 aromatic rings. The zero-order valence-electron chi connectivity index (χ0n) is 19.0. The molecule has 0 saturated heterocycles. The molecule has 1 saturated carbocycles. The van der Waals surface area contributed by atoms with E-state index in [0.717, 1.165) is 11.8 Å². The molecule has 0 amide bonds. The molecular weight excluding hydrogens is 348 g/mol. The fraction of sp³-hybridized carbons (Fsp3) is 0.586. The standard InChI is InChI=1S/C29H42/c1-3-5-6-7-8-9-10-11-25-14-18-27(19-15-25)29-22-20-28(21-23-29)26-16-12-24(4-2)13-17-26/h14-15,18-24,26H,3-13,16-17H2,1-2H3. The minimum atomic E-state index is 0.788. The highest BCUT2D eigenvalue weighted by atomic mass is 14.3. The second-order valence-electron chi connectivity index (χ2n) is 9.32. The molecule has 3 rings (SSSR count). The first-order valence-corrected chi connectivity index (χ1v) is 12.5. The molecule has 2 aromatic carbocycles. The van der Waals surface area contributed by atoms with Gasteiger partial charge < -0.3 is 0 Å². The lowest BCUT2D eigenvalue weighted by atomic mass is 9.77. The maximum atomic E-state index is 2.39. The Morgan fingerprint density at radius 2 is 1.17 bits per heavy atom. The molecule has 0 heterocycles. The van der Waals surface area contributed by atoms with Gasteiger partial charge in [-0.3, -0.25) is 0 Å². The fourth-order valence-corrected chi connectivity index (χ4v) is 5.00. The summed E-state index contributed by atoms with van der Waals surface area (Å²) in [4.78, 5) is 0. The van der Waals surface area contributed by atoms with E-state index in [2.05, 4.69) is 62.4 Å². The summed E-state index contributed by atoms with van der Waals surface area (Å²) in [5, 5.41) is 0. The summed E-state index contributed by atoms with van der Waals surface area (Å²) in [6.45, 7) is 4.63. The van der Waals surface area contributed by atoms with Crippen LogP contribution in [0.2, 0.25) is 0 Å². The summed E-state index contributed by atoms with van der Waals surface area (Å²) in [5.41, 5.74) is 5.76. The Morgan fingerprint density at radius 3 is 1.76 bits per heavy atom. The summed E-state index contributed by atoms with van der Waals surface area (Å²) >= 11 is 0. The summed E-state index contributed by atoms with van der Waals surface area (Å²) in [5.74, 6) is 1.77. The van der Waals surface area contributed by atoms with Crippen molar-refractivity contribution in [2.75, 3.05) is 0 Å². The van der Waals surface area contributed by atoms with Crippen molar-refractivity contribution < 1.29 is 0 Å². The molecule has 0 aliphatic heterocycles. The first kappa shape index (κ1) is 22.1. The van der Waals surface area contributed by atoms with Gasteiger partial charge in [0.2, 0.25) is 0 Å². The quantitative estimate of drug-likeness (QED) is 0.335. The average Bonchev–Trinajstić information content (AvgIpc) is 2.79. The van der Waals surface area contributed by atoms with Crippen molar-refractivity contribution in [3.05, 3.63) is 59.7 Å². The predicted octanol–water partition coefficient (Wildman–Crippen LogP) is 9.33. The highest BCUT2D eigenvalue weighted by Crippen LogP contribution is 2.37. The molecule has 0 bridgehead atoms. The average molecular weight is 391 g/mol. The normalized spacial score (nSPS) is 19.4. The van der Waals surface area contributed by atoms with Gasteiger partial charge in [0.25, 0.3) is 0 Å². The van der Waals surface area contributed by atoms with Gasteiger partial charge in [-0.1, -0.05) is 107 Å². The van der Waals surface area contributed by atoms with Crippen LogP contribution in [0, 0.1) is 5.92 Å². The van der Waals surface area contributed by atoms with Crippen LogP contribution in [0.3, 0.4) is 0 Å². The maximum Gasteiger partial charge on any atom is -0.0162 e. The summed E-state index contributed by atoms with van der Waals surface area (Å²) in [6, 6.07) is 18.8. The van der Waals surface area contributed by atoms with Crippen LogP contribution in [0.15, 0.2) is 48.5 Å². The zero-order valence-corrected chi connectivity index (χ0v) is 19.0. The molecule has 0 unspecified atom stereocenters. The van der Waals surface area contributed by atoms with E-state index in [1.54, 1.807) is 5.56 Å². The number of aryl methyl sites for hydroxylation is 1. The minimum Gasteiger partial charge on any atom is -0.0654 e. The van der Waals surface area contributed by atoms with Gasteiger partial charge in [0.1, 0.15) is 0 Å². The summed E-state index contributed by atoms with van der Waals surface area (Å²) in [7, 11) is 0. The van der Waals surface area contributed by atoms with E-state index < -0.39 is 0 Å². The first-order valence-electron chi connectivity index (χ1n) is 12.5. The van der Waals surface area contributed by atoms with Gasteiger partial charge in [0.15, 0.2) is 0 Å². The van der Waals surface area contributed by atoms with Crippen molar-refractivity contribution in [1.29, 1.82) is 0 Å². The first-order chi connectivity index (χ1) is 14.3. The lowest BCUT2D eigenvalue weighted by Gasteiger charge is -2.28. The molecular formula is C29H42. The van der Waals surface area contributed by atoms with Crippen molar-refractivity contribution in [3.63, 3.8) is 0 Å². The van der Waals surface area contributed by atoms with E-state index in [1.165, 1.54) is 100 Å². The van der Waals surface area contributed by atoms with E-state index in [-0.39, 0.29) is 0 Å². The third-order valence-electron chi connectivity index (χ3n) is 7.16. The van der Waals surface area contributed by atoms with Crippen LogP contribution in [0.4, 0.5) is 0 Å². The third-order valence-corrected chi connectivity index (χ3v) is 7.16. The Hall–Kier alpha value is -1.56. The van der Waals surface area contributed by atoms with Crippen molar-refractivity contribution in [3.8, 4) is 11.1 Å². The van der Waals surface area contributed by atoms with Gasteiger partial charge in [-0.15, -0.1) is 0 Å². The largest absolute Gasteiger partial charge is 0.0654 e. The molecule has 0 spiro atoms. The number of benzene rings is 2. The lowest BCUT2D eigenvalue weighted by Crippen LogP contribution is -2.12. The van der Waals surface area contributed by atoms with Gasteiger partial charge in [-0.05, 0) is 72.6 Å². The number of hydrogen-bond acceptors (Lipinski definition) is 0. The predicted molar refractivity (Wildman–Crippen MR) is 129 cm³/mol. The van der Waals surface area contributed by atoms with Crippen molar-refractivity contribution in [2.45, 2.75) is 103 Å². The molecule has 29 heavy (non-hydrogen) atoms. The topological polar surface area (TPSA) is 0 Å². The Morgan fingerprint density at radius 1 is 0.621 bits per heavy atom. The van der Waals surface area contributed by atoms with Crippen LogP contribution < -0.4 is 0 Å². The van der Waals surface area contributed by atoms with Gasteiger partial charge in [-0.25, -0.2) is 0 Å². The smallest absolute Gasteiger partial charge is 0.0162 e. The van der Waals surface area contributed by atoms with Gasteiger partial charge in [-0.2, -0.15) is 0 Å². The second-order valence-corrected chi connectivity index (χ2v) is 9.32. The third kappa shape index (κ3) is 7.02. The highest BCUT2D eigenvalue weighted by Gasteiger charge is 2.21. The molecule has 1 aliphatic rings. The zero-order chi connectivity index (χ0) is 20.3. The van der Waals surface area contributed by atoms with E-state index in [9.17, 15) is 0 Å². The number of unbranched alkanes of at least 4 members (excludes halogenated alkanes) is 6. The molecule has 0 N–H and O–H groups in total. The van der Waals surface area contributed by atoms with Crippen molar-refractivity contribution in [2.24, 2.45) is 5.92 Å². The van der Waals surface area contributed by atoms with Crippen LogP contribution in [-0.2, 0) is 6.42 Å². The van der Waals surface area contributed by atoms with E-state index >= 15 is 0 Å². The van der Waals surface area contributed by atoms with Crippen LogP contribution in [0.1, 0.15) is 108 Å². The van der Waals surface area contributed by atoms with Gasteiger partial charge in [0, 0.05) is 0 Å². The molecule has 0 heteroatoms. The van der Waals surface area contributed by atoms with Crippen molar-refractivity contribution in [1.82, 2.24) is 0 Å². The molecule has 0 aromatic heterocycles. The van der Waals surface area contributed by atoms with Crippen LogP contribution >= 0.6 is 0 Å². The fourth-order valence-electron chi connectivity index (χ4n) is 5.00.